The molecule has 68 valence electrons. The Hall–Kier alpha value is 0.610. The molecule has 0 saturated heterocycles. The average Bonchev–Trinajstić information content (AvgIpc) is 2.34. The van der Waals surface area contributed by atoms with Crippen LogP contribution < -0.4 is 0 Å². The zero-order valence-electron chi connectivity index (χ0n) is 6.42. The third-order valence-electron chi connectivity index (χ3n) is 1.50. The third-order valence-corrected chi connectivity index (χ3v) is 4.21. The zero-order chi connectivity index (χ0) is 9.41. The van der Waals surface area contributed by atoms with Gasteiger partial charge in [0.1, 0.15) is 0 Å². The SMILES string of the molecule is CC(S)(S)C(S)(S)n1ccnc1. The zero-order valence-corrected chi connectivity index (χ0v) is 9.99. The number of hydrogen-bond acceptors (Lipinski definition) is 5. The fourth-order valence-electron chi connectivity index (χ4n) is 0.688. The highest BCUT2D eigenvalue weighted by molar-refractivity contribution is 8.07. The molecule has 2 nitrogen and oxygen atoms in total. The second-order valence-electron chi connectivity index (χ2n) is 2.63. The van der Waals surface area contributed by atoms with Gasteiger partial charge < -0.3 is 4.57 Å². The van der Waals surface area contributed by atoms with Crippen molar-refractivity contribution in [2.75, 3.05) is 0 Å². The molecule has 0 N–H and O–H groups in total. The first kappa shape index (κ1) is 10.7. The number of thiol groups is 4. The fraction of sp³-hybridized carbons (Fsp3) is 0.500. The molecule has 1 heterocycles. The predicted molar refractivity (Wildman–Crippen MR) is 64.6 cm³/mol. The minimum Gasteiger partial charge on any atom is -0.312 e. The van der Waals surface area contributed by atoms with Crippen molar-refractivity contribution in [1.29, 1.82) is 0 Å². The Morgan fingerprint density at radius 1 is 1.25 bits per heavy atom. The van der Waals surface area contributed by atoms with Crippen molar-refractivity contribution in [3.05, 3.63) is 18.7 Å². The molecule has 0 atom stereocenters. The highest BCUT2D eigenvalue weighted by Gasteiger charge is 2.38. The van der Waals surface area contributed by atoms with E-state index in [1.54, 1.807) is 23.3 Å². The number of imidazole rings is 1. The second kappa shape index (κ2) is 3.40. The lowest BCUT2D eigenvalue weighted by molar-refractivity contribution is 0.600. The first-order valence-corrected chi connectivity index (χ1v) is 5.02. The molecule has 1 aromatic heterocycles. The van der Waals surface area contributed by atoms with Crippen molar-refractivity contribution in [2.24, 2.45) is 0 Å². The summed E-state index contributed by atoms with van der Waals surface area (Å²) in [6.45, 7) is 1.82. The van der Waals surface area contributed by atoms with Gasteiger partial charge in [0.05, 0.1) is 10.4 Å². The molecule has 0 spiro atoms. The van der Waals surface area contributed by atoms with E-state index >= 15 is 0 Å². The lowest BCUT2D eigenvalue weighted by atomic mass is 10.4. The smallest absolute Gasteiger partial charge is 0.155 e. The van der Waals surface area contributed by atoms with E-state index in [0.29, 0.717) is 0 Å². The minimum atomic E-state index is -0.768. The molecule has 0 fully saturated rings. The summed E-state index contributed by atoms with van der Waals surface area (Å²) >= 11 is 17.3. The van der Waals surface area contributed by atoms with Crippen LogP contribution in [0.4, 0.5) is 0 Å². The summed E-state index contributed by atoms with van der Waals surface area (Å²) in [7, 11) is 0. The summed E-state index contributed by atoms with van der Waals surface area (Å²) in [4.78, 5) is 3.90. The van der Waals surface area contributed by atoms with Crippen LogP contribution in [-0.2, 0) is 4.20 Å². The molecular weight excluding hydrogens is 228 g/mol. The molecule has 1 aromatic rings. The minimum absolute atomic E-state index is 0.639. The van der Waals surface area contributed by atoms with Crippen molar-refractivity contribution < 1.29 is 0 Å². The number of nitrogens with zero attached hydrogens (tertiary/aromatic N) is 2. The van der Waals surface area contributed by atoms with Gasteiger partial charge in [-0.05, 0) is 6.92 Å². The topological polar surface area (TPSA) is 17.8 Å². The van der Waals surface area contributed by atoms with Crippen LogP contribution in [0.15, 0.2) is 18.7 Å². The standard InChI is InChI=1S/C6H10N2S4/c1-5(9,10)6(11,12)8-3-2-7-4-8/h2-4,9-12H,1H3. The van der Waals surface area contributed by atoms with E-state index in [-0.39, 0.29) is 0 Å². The highest BCUT2D eigenvalue weighted by atomic mass is 32.2. The molecule has 12 heavy (non-hydrogen) atoms. The molecule has 0 aromatic carbocycles. The molecule has 0 bridgehead atoms. The van der Waals surface area contributed by atoms with Crippen LogP contribution in [0.2, 0.25) is 0 Å². The summed E-state index contributed by atoms with van der Waals surface area (Å²) in [6, 6.07) is 0. The van der Waals surface area contributed by atoms with E-state index < -0.39 is 8.28 Å². The van der Waals surface area contributed by atoms with E-state index in [2.05, 4.69) is 55.5 Å². The van der Waals surface area contributed by atoms with Gasteiger partial charge in [-0.3, -0.25) is 0 Å². The fourth-order valence-corrected chi connectivity index (χ4v) is 1.16. The molecular formula is C6H10N2S4. The quantitative estimate of drug-likeness (QED) is 0.458. The molecule has 0 radical (unpaired) electrons. The molecule has 0 saturated carbocycles. The van der Waals surface area contributed by atoms with Gasteiger partial charge in [0.2, 0.25) is 0 Å². The van der Waals surface area contributed by atoms with Crippen LogP contribution in [0.25, 0.3) is 0 Å². The Morgan fingerprint density at radius 2 is 1.83 bits per heavy atom. The molecule has 0 amide bonds. The van der Waals surface area contributed by atoms with Gasteiger partial charge in [0.15, 0.2) is 4.20 Å². The van der Waals surface area contributed by atoms with Crippen LogP contribution in [-0.4, -0.2) is 13.6 Å². The van der Waals surface area contributed by atoms with Crippen LogP contribution >= 0.6 is 50.5 Å². The van der Waals surface area contributed by atoms with E-state index in [9.17, 15) is 0 Å². The van der Waals surface area contributed by atoms with Crippen molar-refractivity contribution in [1.82, 2.24) is 9.55 Å². The van der Waals surface area contributed by atoms with E-state index in [1.807, 2.05) is 6.92 Å². The van der Waals surface area contributed by atoms with Crippen LogP contribution in [0.1, 0.15) is 6.92 Å². The van der Waals surface area contributed by atoms with Gasteiger partial charge >= 0.3 is 0 Å². The van der Waals surface area contributed by atoms with Crippen molar-refractivity contribution in [3.63, 3.8) is 0 Å². The van der Waals surface area contributed by atoms with Gasteiger partial charge in [-0.25, -0.2) is 4.98 Å². The monoisotopic (exact) mass is 238 g/mol. The Balaban J connectivity index is 3.02. The van der Waals surface area contributed by atoms with Gasteiger partial charge in [-0.1, -0.05) is 0 Å². The maximum absolute atomic E-state index is 4.36. The average molecular weight is 238 g/mol. The first-order valence-electron chi connectivity index (χ1n) is 3.23. The summed E-state index contributed by atoms with van der Waals surface area (Å²) in [5.41, 5.74) is 0. The molecule has 0 unspecified atom stereocenters. The molecule has 0 aliphatic rings. The molecule has 0 aliphatic carbocycles. The Bertz CT molecular complexity index is 249. The Kier molecular flexibility index (Phi) is 3.03. The number of rotatable bonds is 2. The predicted octanol–water partition coefficient (Wildman–Crippen LogP) is 1.93. The number of aromatic nitrogens is 2. The lowest BCUT2D eigenvalue weighted by Crippen LogP contribution is -2.36. The highest BCUT2D eigenvalue weighted by Crippen LogP contribution is 2.44. The van der Waals surface area contributed by atoms with Crippen molar-refractivity contribution in [2.45, 2.75) is 15.2 Å². The van der Waals surface area contributed by atoms with E-state index in [0.717, 1.165) is 0 Å². The van der Waals surface area contributed by atoms with Crippen molar-refractivity contribution in [3.8, 4) is 0 Å². The van der Waals surface area contributed by atoms with E-state index in [1.165, 1.54) is 0 Å². The maximum Gasteiger partial charge on any atom is 0.155 e. The van der Waals surface area contributed by atoms with Crippen molar-refractivity contribution >= 4 is 50.5 Å². The summed E-state index contributed by atoms with van der Waals surface area (Å²) < 4.78 is 0.328. The first-order chi connectivity index (χ1) is 5.36. The Morgan fingerprint density at radius 3 is 2.17 bits per heavy atom. The third kappa shape index (κ3) is 1.92. The van der Waals surface area contributed by atoms with Gasteiger partial charge in [0.25, 0.3) is 0 Å². The van der Waals surface area contributed by atoms with Gasteiger partial charge in [-0.2, -0.15) is 25.3 Å². The number of hydrogen-bond donors (Lipinski definition) is 4. The summed E-state index contributed by atoms with van der Waals surface area (Å²) in [5, 5.41) is 0. The largest absolute Gasteiger partial charge is 0.312 e. The normalized spacial score (nSPS) is 13.4. The van der Waals surface area contributed by atoms with E-state index in [4.69, 9.17) is 0 Å². The maximum atomic E-state index is 4.36. The van der Waals surface area contributed by atoms with Crippen LogP contribution in [0.3, 0.4) is 0 Å². The molecule has 1 rings (SSSR count). The van der Waals surface area contributed by atoms with Crippen LogP contribution in [0, 0.1) is 0 Å². The summed E-state index contributed by atoms with van der Waals surface area (Å²) in [5.74, 6) is 0. The lowest BCUT2D eigenvalue weighted by Gasteiger charge is -2.35. The molecule has 0 aliphatic heterocycles. The van der Waals surface area contributed by atoms with Crippen LogP contribution in [0.5, 0.6) is 0 Å². The summed E-state index contributed by atoms with van der Waals surface area (Å²) in [6.07, 6.45) is 5.06. The Labute approximate surface area is 93.8 Å². The van der Waals surface area contributed by atoms with Gasteiger partial charge in [-0.15, -0.1) is 25.3 Å². The second-order valence-corrected chi connectivity index (χ2v) is 6.42. The molecule has 6 heteroatoms. The van der Waals surface area contributed by atoms with Gasteiger partial charge in [0, 0.05) is 12.4 Å².